The molecule has 176 valence electrons. The van der Waals surface area contributed by atoms with Crippen LogP contribution in [0.2, 0.25) is 0 Å². The highest BCUT2D eigenvalue weighted by molar-refractivity contribution is 7.10. The average Bonchev–Trinajstić information content (AvgIpc) is 3.55. The first-order valence-corrected chi connectivity index (χ1v) is 11.5. The molecular weight excluding hydrogens is 466 g/mol. The molecule has 0 spiro atoms. The van der Waals surface area contributed by atoms with Crippen molar-refractivity contribution < 1.29 is 19.1 Å². The topological polar surface area (TPSA) is 116 Å². The second kappa shape index (κ2) is 10.7. The molecule has 0 saturated heterocycles. The Kier molecular flexibility index (Phi) is 7.22. The van der Waals surface area contributed by atoms with Gasteiger partial charge in [0.05, 0.1) is 0 Å². The van der Waals surface area contributed by atoms with Crippen LogP contribution in [0.4, 0.5) is 5.69 Å². The number of carbonyl (C=O) groups is 3. The third-order valence-electron chi connectivity index (χ3n) is 4.90. The quantitative estimate of drug-likeness (QED) is 0.225. The van der Waals surface area contributed by atoms with Gasteiger partial charge in [-0.25, -0.2) is 4.79 Å². The minimum Gasteiger partial charge on any atom is -0.450 e. The number of ether oxygens (including phenoxy) is 1. The number of nitrogens with one attached hydrogen (secondary N) is 1. The molecule has 0 bridgehead atoms. The fourth-order valence-corrected chi connectivity index (χ4v) is 3.91. The molecule has 1 atom stereocenters. The smallest absolute Gasteiger partial charge is 0.357 e. The summed E-state index contributed by atoms with van der Waals surface area (Å²) >= 11 is 1.43. The van der Waals surface area contributed by atoms with Gasteiger partial charge >= 0.3 is 5.97 Å². The number of hydrogen-bond acceptors (Lipinski definition) is 8. The number of benzene rings is 2. The summed E-state index contributed by atoms with van der Waals surface area (Å²) in [5.74, 6) is -0.992. The molecule has 0 fully saturated rings. The van der Waals surface area contributed by atoms with Gasteiger partial charge in [0.15, 0.2) is 17.6 Å². The van der Waals surface area contributed by atoms with E-state index in [1.54, 1.807) is 30.3 Å². The van der Waals surface area contributed by atoms with Gasteiger partial charge in [-0.15, -0.1) is 16.4 Å². The fourth-order valence-electron chi connectivity index (χ4n) is 3.26. The first-order valence-electron chi connectivity index (χ1n) is 10.6. The van der Waals surface area contributed by atoms with Crippen LogP contribution in [0.15, 0.2) is 72.1 Å². The van der Waals surface area contributed by atoms with E-state index in [-0.39, 0.29) is 17.4 Å². The minimum absolute atomic E-state index is 0.0666. The number of anilines is 1. The molecule has 2 aromatic carbocycles. The van der Waals surface area contributed by atoms with E-state index in [1.807, 2.05) is 47.8 Å². The number of esters is 1. The van der Waals surface area contributed by atoms with Crippen molar-refractivity contribution in [3.8, 4) is 11.4 Å². The van der Waals surface area contributed by atoms with E-state index < -0.39 is 12.1 Å². The monoisotopic (exact) mass is 487 g/mol. The second-order valence-electron chi connectivity index (χ2n) is 7.50. The molecule has 0 aliphatic carbocycles. The van der Waals surface area contributed by atoms with Gasteiger partial charge in [0.1, 0.15) is 0 Å². The van der Waals surface area contributed by atoms with Crippen molar-refractivity contribution in [1.82, 2.24) is 20.2 Å². The van der Waals surface area contributed by atoms with Crippen molar-refractivity contribution in [3.63, 3.8) is 0 Å². The van der Waals surface area contributed by atoms with Gasteiger partial charge in [-0.3, -0.25) is 9.59 Å². The number of Topliss-reactive ketones (excluding diaryl/α,β-unsaturated/α-hetero) is 1. The molecule has 4 aromatic rings. The van der Waals surface area contributed by atoms with Gasteiger partial charge in [0, 0.05) is 28.6 Å². The summed E-state index contributed by atoms with van der Waals surface area (Å²) < 4.78 is 6.85. The third-order valence-corrected chi connectivity index (χ3v) is 5.72. The van der Waals surface area contributed by atoms with Crippen LogP contribution < -0.4 is 5.32 Å². The molecule has 2 heterocycles. The van der Waals surface area contributed by atoms with Crippen molar-refractivity contribution >= 4 is 46.5 Å². The molecule has 35 heavy (non-hydrogen) atoms. The molecule has 1 unspecified atom stereocenters. The Morgan fingerprint density at radius 3 is 2.43 bits per heavy atom. The fraction of sp³-hybridized carbons (Fsp3) is 0.120. The Bertz CT molecular complexity index is 1360. The molecule has 0 saturated carbocycles. The summed E-state index contributed by atoms with van der Waals surface area (Å²) in [6.07, 6.45) is 0.549. The second-order valence-corrected chi connectivity index (χ2v) is 8.47. The summed E-state index contributed by atoms with van der Waals surface area (Å²) in [6, 6.07) is 19.2. The van der Waals surface area contributed by atoms with Crippen LogP contribution in [-0.2, 0) is 14.3 Å². The third kappa shape index (κ3) is 5.74. The first-order chi connectivity index (χ1) is 16.9. The van der Waals surface area contributed by atoms with Gasteiger partial charge in [0.25, 0.3) is 0 Å². The number of thiophene rings is 1. The number of amides is 1. The van der Waals surface area contributed by atoms with E-state index in [4.69, 9.17) is 4.74 Å². The zero-order chi connectivity index (χ0) is 24.8. The van der Waals surface area contributed by atoms with Crippen molar-refractivity contribution in [2.24, 2.45) is 0 Å². The van der Waals surface area contributed by atoms with Crippen molar-refractivity contribution in [1.29, 1.82) is 0 Å². The molecular formula is C25H21N5O4S. The van der Waals surface area contributed by atoms with Gasteiger partial charge in [0.2, 0.25) is 11.7 Å². The minimum atomic E-state index is -1.07. The van der Waals surface area contributed by atoms with Crippen molar-refractivity contribution in [3.05, 3.63) is 82.6 Å². The predicted octanol–water partition coefficient (Wildman–Crippen LogP) is 4.17. The SMILES string of the molecule is CC(=O)Nc1ccc(C(=O)C(C)OC(=O)/C(=C/c2cccs2)n2nnnc2-c2ccccc2)cc1. The Hall–Kier alpha value is -4.44. The Morgan fingerprint density at radius 1 is 1.03 bits per heavy atom. The average molecular weight is 488 g/mol. The molecule has 9 nitrogen and oxygen atoms in total. The van der Waals surface area contributed by atoms with E-state index >= 15 is 0 Å². The maximum absolute atomic E-state index is 13.3. The van der Waals surface area contributed by atoms with Crippen LogP contribution in [0.1, 0.15) is 29.1 Å². The van der Waals surface area contributed by atoms with Gasteiger partial charge in [-0.1, -0.05) is 36.4 Å². The Labute approximate surface area is 205 Å². The predicted molar refractivity (Wildman–Crippen MR) is 132 cm³/mol. The van der Waals surface area contributed by atoms with E-state index in [0.717, 1.165) is 4.88 Å². The molecule has 0 aliphatic rings. The van der Waals surface area contributed by atoms with E-state index in [2.05, 4.69) is 20.8 Å². The number of ketones is 1. The van der Waals surface area contributed by atoms with E-state index in [9.17, 15) is 14.4 Å². The number of aromatic nitrogens is 4. The highest BCUT2D eigenvalue weighted by Crippen LogP contribution is 2.23. The first kappa shape index (κ1) is 23.7. The van der Waals surface area contributed by atoms with Crippen LogP contribution in [0.25, 0.3) is 23.2 Å². The van der Waals surface area contributed by atoms with Crippen LogP contribution in [0, 0.1) is 0 Å². The lowest BCUT2D eigenvalue weighted by atomic mass is 10.1. The standard InChI is InChI=1S/C25H21N5O4S/c1-16(23(32)18-10-12-20(13-11-18)26-17(2)31)34-25(33)22(15-21-9-6-14-35-21)30-24(27-28-29-30)19-7-4-3-5-8-19/h3-16H,1-2H3,(H,26,31)/b22-15-. The van der Waals surface area contributed by atoms with Crippen LogP contribution in [0.3, 0.4) is 0 Å². The summed E-state index contributed by atoms with van der Waals surface area (Å²) in [4.78, 5) is 38.2. The van der Waals surface area contributed by atoms with Gasteiger partial charge in [-0.2, -0.15) is 4.68 Å². The highest BCUT2D eigenvalue weighted by Gasteiger charge is 2.25. The summed E-state index contributed by atoms with van der Waals surface area (Å²) in [7, 11) is 0. The Morgan fingerprint density at radius 2 is 1.77 bits per heavy atom. The van der Waals surface area contributed by atoms with Gasteiger partial charge < -0.3 is 10.1 Å². The highest BCUT2D eigenvalue weighted by atomic mass is 32.1. The number of tetrazole rings is 1. The molecule has 1 N–H and O–H groups in total. The molecule has 1 amide bonds. The number of hydrogen-bond donors (Lipinski definition) is 1. The molecule has 4 rings (SSSR count). The molecule has 0 radical (unpaired) electrons. The van der Waals surface area contributed by atoms with E-state index in [1.165, 1.54) is 29.9 Å². The lowest BCUT2D eigenvalue weighted by molar-refractivity contribution is -0.139. The number of nitrogens with zero attached hydrogens (tertiary/aromatic N) is 4. The summed E-state index contributed by atoms with van der Waals surface area (Å²) in [5.41, 5.74) is 1.69. The molecule has 2 aromatic heterocycles. The summed E-state index contributed by atoms with van der Waals surface area (Å²) in [6.45, 7) is 2.90. The molecule has 10 heteroatoms. The maximum Gasteiger partial charge on any atom is 0.357 e. The lowest BCUT2D eigenvalue weighted by Gasteiger charge is -2.15. The van der Waals surface area contributed by atoms with Crippen LogP contribution in [-0.4, -0.2) is 44.0 Å². The largest absolute Gasteiger partial charge is 0.450 e. The lowest BCUT2D eigenvalue weighted by Crippen LogP contribution is -2.26. The normalized spacial score (nSPS) is 12.1. The summed E-state index contributed by atoms with van der Waals surface area (Å²) in [5, 5.41) is 16.3. The van der Waals surface area contributed by atoms with Crippen LogP contribution >= 0.6 is 11.3 Å². The molecule has 0 aliphatic heterocycles. The van der Waals surface area contributed by atoms with E-state index in [0.29, 0.717) is 22.6 Å². The van der Waals surface area contributed by atoms with Crippen LogP contribution in [0.5, 0.6) is 0 Å². The Balaban J connectivity index is 1.59. The van der Waals surface area contributed by atoms with Crippen molar-refractivity contribution in [2.75, 3.05) is 5.32 Å². The number of rotatable bonds is 8. The zero-order valence-electron chi connectivity index (χ0n) is 18.9. The number of carbonyl (C=O) groups excluding carboxylic acids is 3. The van der Waals surface area contributed by atoms with Gasteiger partial charge in [-0.05, 0) is 59.1 Å². The maximum atomic E-state index is 13.3. The zero-order valence-corrected chi connectivity index (χ0v) is 19.7. The van der Waals surface area contributed by atoms with Crippen molar-refractivity contribution in [2.45, 2.75) is 20.0 Å².